The van der Waals surface area contributed by atoms with Crippen molar-refractivity contribution < 1.29 is 22.8 Å². The summed E-state index contributed by atoms with van der Waals surface area (Å²) in [7, 11) is 0. The molecule has 0 aromatic carbocycles. The molecule has 0 radical (unpaired) electrons. The molecular formula is C7H13F3N2O2. The van der Waals surface area contributed by atoms with Gasteiger partial charge in [-0.05, 0) is 6.42 Å². The average molecular weight is 214 g/mol. The molecule has 1 amide bonds. The third-order valence-corrected chi connectivity index (χ3v) is 1.35. The molecule has 0 aliphatic carbocycles. The summed E-state index contributed by atoms with van der Waals surface area (Å²) in [6.45, 7) is 0.293. The highest BCUT2D eigenvalue weighted by Crippen LogP contribution is 2.13. The zero-order chi connectivity index (χ0) is 11.2. The Morgan fingerprint density at radius 1 is 1.57 bits per heavy atom. The average Bonchev–Trinajstić information content (AvgIpc) is 2.02. The lowest BCUT2D eigenvalue weighted by atomic mass is 10.2. The van der Waals surface area contributed by atoms with E-state index in [0.717, 1.165) is 0 Å². The molecule has 0 aromatic rings. The van der Waals surface area contributed by atoms with E-state index in [1.165, 1.54) is 0 Å². The van der Waals surface area contributed by atoms with Gasteiger partial charge >= 0.3 is 6.18 Å². The Hall–Kier alpha value is -0.820. The summed E-state index contributed by atoms with van der Waals surface area (Å²) >= 11 is 0. The zero-order valence-electron chi connectivity index (χ0n) is 7.73. The molecule has 0 aliphatic heterocycles. The monoisotopic (exact) mass is 214 g/mol. The number of nitrogens with two attached hydrogens (primary N) is 1. The molecule has 14 heavy (non-hydrogen) atoms. The Morgan fingerprint density at radius 3 is 2.57 bits per heavy atom. The zero-order valence-corrected chi connectivity index (χ0v) is 7.73. The maximum atomic E-state index is 11.5. The van der Waals surface area contributed by atoms with Gasteiger partial charge in [0.05, 0.1) is 6.04 Å². The molecule has 0 bridgehead atoms. The highest BCUT2D eigenvalue weighted by molar-refractivity contribution is 5.80. The molecule has 0 rings (SSSR count). The summed E-state index contributed by atoms with van der Waals surface area (Å²) in [5.41, 5.74) is 6.94. The van der Waals surface area contributed by atoms with Gasteiger partial charge < -0.3 is 5.73 Å². The van der Waals surface area contributed by atoms with E-state index in [0.29, 0.717) is 12.8 Å². The number of hydroxylamine groups is 1. The van der Waals surface area contributed by atoms with Gasteiger partial charge in [0.25, 0.3) is 5.91 Å². The summed E-state index contributed by atoms with van der Waals surface area (Å²) < 4.78 is 34.6. The van der Waals surface area contributed by atoms with Crippen LogP contribution >= 0.6 is 0 Å². The maximum absolute atomic E-state index is 11.5. The number of carbonyl (C=O) groups is 1. The van der Waals surface area contributed by atoms with Gasteiger partial charge in [-0.3, -0.25) is 9.63 Å². The second-order valence-corrected chi connectivity index (χ2v) is 2.77. The molecule has 0 spiro atoms. The van der Waals surface area contributed by atoms with Gasteiger partial charge in [0.15, 0.2) is 6.61 Å². The van der Waals surface area contributed by atoms with Crippen molar-refractivity contribution in [3.63, 3.8) is 0 Å². The number of rotatable bonds is 5. The minimum absolute atomic E-state index is 0.404. The predicted octanol–water partition coefficient (Wildman–Crippen LogP) is 0.724. The largest absolute Gasteiger partial charge is 0.414 e. The van der Waals surface area contributed by atoms with E-state index < -0.39 is 24.7 Å². The number of carbonyl (C=O) groups excluding carboxylic acids is 1. The molecule has 84 valence electrons. The van der Waals surface area contributed by atoms with Gasteiger partial charge in [-0.15, -0.1) is 0 Å². The van der Waals surface area contributed by atoms with E-state index in [4.69, 9.17) is 5.73 Å². The Balaban J connectivity index is 3.64. The molecule has 0 fully saturated rings. The number of halogens is 3. The van der Waals surface area contributed by atoms with Crippen molar-refractivity contribution >= 4 is 5.91 Å². The smallest absolute Gasteiger partial charge is 0.320 e. The van der Waals surface area contributed by atoms with E-state index in [1.54, 1.807) is 5.48 Å². The number of nitrogens with one attached hydrogen (secondary N) is 1. The molecular weight excluding hydrogens is 201 g/mol. The van der Waals surface area contributed by atoms with Crippen molar-refractivity contribution in [2.75, 3.05) is 6.61 Å². The molecule has 0 aliphatic rings. The SMILES string of the molecule is CCC[C@@H](N)C(=O)NOCC(F)(F)F. The first-order valence-corrected chi connectivity index (χ1v) is 4.10. The van der Waals surface area contributed by atoms with E-state index in [-0.39, 0.29) is 0 Å². The summed E-state index contributed by atoms with van der Waals surface area (Å²) in [5, 5.41) is 0. The minimum atomic E-state index is -4.46. The highest BCUT2D eigenvalue weighted by atomic mass is 19.4. The molecule has 0 unspecified atom stereocenters. The van der Waals surface area contributed by atoms with E-state index in [2.05, 4.69) is 4.84 Å². The van der Waals surface area contributed by atoms with Crippen LogP contribution in [-0.4, -0.2) is 24.7 Å². The van der Waals surface area contributed by atoms with Crippen molar-refractivity contribution in [3.05, 3.63) is 0 Å². The van der Waals surface area contributed by atoms with Crippen molar-refractivity contribution in [3.8, 4) is 0 Å². The lowest BCUT2D eigenvalue weighted by Crippen LogP contribution is -2.41. The number of amides is 1. The van der Waals surface area contributed by atoms with Gasteiger partial charge in [0, 0.05) is 0 Å². The Labute approximate surface area is 79.5 Å². The molecule has 0 heterocycles. The Bertz CT molecular complexity index is 184. The van der Waals surface area contributed by atoms with E-state index in [9.17, 15) is 18.0 Å². The standard InChI is InChI=1S/C7H13F3N2O2/c1-2-3-5(11)6(13)12-14-4-7(8,9)10/h5H,2-4,11H2,1H3,(H,12,13)/t5-/m1/s1. The maximum Gasteiger partial charge on any atom is 0.414 e. The summed E-state index contributed by atoms with van der Waals surface area (Å²) in [5.74, 6) is -0.740. The van der Waals surface area contributed by atoms with Crippen LogP contribution in [0, 0.1) is 0 Å². The first-order chi connectivity index (χ1) is 6.37. The molecule has 4 nitrogen and oxygen atoms in total. The topological polar surface area (TPSA) is 64.4 Å². The van der Waals surface area contributed by atoms with Crippen molar-refractivity contribution in [2.45, 2.75) is 32.0 Å². The fourth-order valence-corrected chi connectivity index (χ4v) is 0.707. The Morgan fingerprint density at radius 2 is 2.14 bits per heavy atom. The highest BCUT2D eigenvalue weighted by Gasteiger charge is 2.28. The molecule has 7 heteroatoms. The van der Waals surface area contributed by atoms with Crippen LogP contribution in [0.15, 0.2) is 0 Å². The molecule has 1 atom stereocenters. The third-order valence-electron chi connectivity index (χ3n) is 1.35. The lowest BCUT2D eigenvalue weighted by Gasteiger charge is -2.11. The van der Waals surface area contributed by atoms with Gasteiger partial charge in [-0.2, -0.15) is 13.2 Å². The molecule has 0 saturated carbocycles. The molecule has 3 N–H and O–H groups in total. The number of hydrogen-bond acceptors (Lipinski definition) is 3. The Kier molecular flexibility index (Phi) is 5.47. The van der Waals surface area contributed by atoms with E-state index in [1.807, 2.05) is 6.92 Å². The van der Waals surface area contributed by atoms with Crippen LogP contribution in [0.4, 0.5) is 13.2 Å². The van der Waals surface area contributed by atoms with Crippen LogP contribution in [0.5, 0.6) is 0 Å². The lowest BCUT2D eigenvalue weighted by molar-refractivity contribution is -0.192. The second kappa shape index (κ2) is 5.82. The summed E-state index contributed by atoms with van der Waals surface area (Å²) in [4.78, 5) is 14.8. The van der Waals surface area contributed by atoms with Crippen LogP contribution in [0.1, 0.15) is 19.8 Å². The van der Waals surface area contributed by atoms with Gasteiger partial charge in [-0.25, -0.2) is 5.48 Å². The fourth-order valence-electron chi connectivity index (χ4n) is 0.707. The van der Waals surface area contributed by atoms with Crippen molar-refractivity contribution in [2.24, 2.45) is 5.73 Å². The van der Waals surface area contributed by atoms with Crippen LogP contribution < -0.4 is 11.2 Å². The first-order valence-electron chi connectivity index (χ1n) is 4.10. The van der Waals surface area contributed by atoms with Crippen molar-refractivity contribution in [1.29, 1.82) is 0 Å². The van der Waals surface area contributed by atoms with Gasteiger partial charge in [0.2, 0.25) is 0 Å². The number of alkyl halides is 3. The van der Waals surface area contributed by atoms with Crippen LogP contribution in [-0.2, 0) is 9.63 Å². The number of hydrogen-bond donors (Lipinski definition) is 2. The van der Waals surface area contributed by atoms with Crippen LogP contribution in [0.25, 0.3) is 0 Å². The summed E-state index contributed by atoms with van der Waals surface area (Å²) in [6, 6.07) is -0.826. The fraction of sp³-hybridized carbons (Fsp3) is 0.857. The van der Waals surface area contributed by atoms with E-state index >= 15 is 0 Å². The second-order valence-electron chi connectivity index (χ2n) is 2.77. The van der Waals surface area contributed by atoms with Crippen LogP contribution in [0.3, 0.4) is 0 Å². The van der Waals surface area contributed by atoms with Gasteiger partial charge in [0.1, 0.15) is 0 Å². The van der Waals surface area contributed by atoms with Gasteiger partial charge in [-0.1, -0.05) is 13.3 Å². The quantitative estimate of drug-likeness (QED) is 0.663. The first kappa shape index (κ1) is 13.2. The molecule has 0 aromatic heterocycles. The molecule has 0 saturated heterocycles. The normalized spacial score (nSPS) is 13.8. The summed E-state index contributed by atoms with van der Waals surface area (Å²) in [6.07, 6.45) is -3.38. The minimum Gasteiger partial charge on any atom is -0.320 e. The van der Waals surface area contributed by atoms with Crippen LogP contribution in [0.2, 0.25) is 0 Å². The van der Waals surface area contributed by atoms with Crippen molar-refractivity contribution in [1.82, 2.24) is 5.48 Å². The third kappa shape index (κ3) is 6.67. The predicted molar refractivity (Wildman–Crippen MR) is 43.0 cm³/mol.